The molecule has 0 bridgehead atoms. The van der Waals surface area contributed by atoms with Gasteiger partial charge in [0.05, 0.1) is 6.61 Å². The highest BCUT2D eigenvalue weighted by Crippen LogP contribution is 2.23. The van der Waals surface area contributed by atoms with Crippen LogP contribution in [0.25, 0.3) is 0 Å². The molecule has 1 atom stereocenters. The van der Waals surface area contributed by atoms with Gasteiger partial charge < -0.3 is 10.4 Å². The molecule has 0 spiro atoms. The van der Waals surface area contributed by atoms with Crippen LogP contribution >= 0.6 is 0 Å². The van der Waals surface area contributed by atoms with E-state index in [0.717, 1.165) is 32.6 Å². The van der Waals surface area contributed by atoms with Crippen LogP contribution < -0.4 is 5.32 Å². The fourth-order valence-corrected chi connectivity index (χ4v) is 2.54. The summed E-state index contributed by atoms with van der Waals surface area (Å²) >= 11 is 0. The molecule has 0 saturated carbocycles. The van der Waals surface area contributed by atoms with E-state index >= 15 is 0 Å². The minimum atomic E-state index is 0.292. The molecule has 0 radical (unpaired) electrons. The predicted octanol–water partition coefficient (Wildman–Crippen LogP) is 1.47. The Bertz CT molecular complexity index is 194. The highest BCUT2D eigenvalue weighted by atomic mass is 16.3. The van der Waals surface area contributed by atoms with Gasteiger partial charge in [-0.2, -0.15) is 0 Å². The van der Waals surface area contributed by atoms with Crippen molar-refractivity contribution in [3.8, 4) is 0 Å². The van der Waals surface area contributed by atoms with Crippen molar-refractivity contribution < 1.29 is 5.11 Å². The number of rotatable bonds is 6. The molecule has 0 amide bonds. The first-order valence-electron chi connectivity index (χ1n) is 6.64. The van der Waals surface area contributed by atoms with Crippen molar-refractivity contribution >= 4 is 0 Å². The van der Waals surface area contributed by atoms with Crippen molar-refractivity contribution in [3.63, 3.8) is 0 Å². The lowest BCUT2D eigenvalue weighted by atomic mass is 9.90. The molecule has 0 aromatic rings. The summed E-state index contributed by atoms with van der Waals surface area (Å²) in [5, 5.41) is 12.8. The topological polar surface area (TPSA) is 35.5 Å². The number of nitrogens with one attached hydrogen (secondary N) is 1. The largest absolute Gasteiger partial charge is 0.395 e. The summed E-state index contributed by atoms with van der Waals surface area (Å²) in [5.41, 5.74) is 0.292. The average molecular weight is 228 g/mol. The highest BCUT2D eigenvalue weighted by molar-refractivity contribution is 4.82. The molecule has 0 aromatic heterocycles. The minimum Gasteiger partial charge on any atom is -0.395 e. The SMILES string of the molecule is CCNCC(C)(C)CN1CCCCC1CO. The van der Waals surface area contributed by atoms with Crippen LogP contribution in [0.15, 0.2) is 0 Å². The van der Waals surface area contributed by atoms with Gasteiger partial charge in [0.25, 0.3) is 0 Å². The highest BCUT2D eigenvalue weighted by Gasteiger charge is 2.27. The molecule has 0 aliphatic carbocycles. The fourth-order valence-electron chi connectivity index (χ4n) is 2.54. The third-order valence-corrected chi connectivity index (χ3v) is 3.44. The normalized spacial score (nSPS) is 23.6. The summed E-state index contributed by atoms with van der Waals surface area (Å²) in [4.78, 5) is 2.47. The number of aliphatic hydroxyl groups is 1. The molecule has 1 aliphatic rings. The van der Waals surface area contributed by atoms with Crippen LogP contribution in [-0.2, 0) is 0 Å². The number of piperidine rings is 1. The first kappa shape index (κ1) is 13.9. The number of aliphatic hydroxyl groups excluding tert-OH is 1. The zero-order valence-corrected chi connectivity index (χ0v) is 11.1. The van der Waals surface area contributed by atoms with Crippen LogP contribution in [0, 0.1) is 5.41 Å². The van der Waals surface area contributed by atoms with E-state index < -0.39 is 0 Å². The Morgan fingerprint density at radius 3 is 2.75 bits per heavy atom. The third-order valence-electron chi connectivity index (χ3n) is 3.44. The van der Waals surface area contributed by atoms with E-state index in [-0.39, 0.29) is 0 Å². The van der Waals surface area contributed by atoms with Gasteiger partial charge in [0.1, 0.15) is 0 Å². The Morgan fingerprint density at radius 1 is 1.38 bits per heavy atom. The molecule has 3 heteroatoms. The van der Waals surface area contributed by atoms with Gasteiger partial charge >= 0.3 is 0 Å². The smallest absolute Gasteiger partial charge is 0.0586 e. The van der Waals surface area contributed by atoms with E-state index in [1.54, 1.807) is 0 Å². The van der Waals surface area contributed by atoms with Crippen LogP contribution in [0.2, 0.25) is 0 Å². The van der Waals surface area contributed by atoms with Crippen LogP contribution in [0.5, 0.6) is 0 Å². The maximum atomic E-state index is 9.38. The van der Waals surface area contributed by atoms with Crippen LogP contribution in [0.4, 0.5) is 0 Å². The average Bonchev–Trinajstić information content (AvgIpc) is 2.27. The van der Waals surface area contributed by atoms with Gasteiger partial charge in [-0.1, -0.05) is 27.2 Å². The Hall–Kier alpha value is -0.120. The maximum Gasteiger partial charge on any atom is 0.0586 e. The monoisotopic (exact) mass is 228 g/mol. The lowest BCUT2D eigenvalue weighted by Crippen LogP contribution is -2.48. The molecule has 0 aromatic carbocycles. The van der Waals surface area contributed by atoms with E-state index in [1.165, 1.54) is 12.8 Å². The predicted molar refractivity (Wildman–Crippen MR) is 68.6 cm³/mol. The Morgan fingerprint density at radius 2 is 2.12 bits per heavy atom. The van der Waals surface area contributed by atoms with Crippen molar-refractivity contribution in [1.82, 2.24) is 10.2 Å². The van der Waals surface area contributed by atoms with Gasteiger partial charge in [-0.05, 0) is 31.3 Å². The molecule has 1 saturated heterocycles. The van der Waals surface area contributed by atoms with Crippen LogP contribution in [0.3, 0.4) is 0 Å². The van der Waals surface area contributed by atoms with E-state index in [9.17, 15) is 5.11 Å². The van der Waals surface area contributed by atoms with Crippen LogP contribution in [0.1, 0.15) is 40.0 Å². The van der Waals surface area contributed by atoms with E-state index in [4.69, 9.17) is 0 Å². The summed E-state index contributed by atoms with van der Waals surface area (Å²) in [6, 6.07) is 0.398. The quantitative estimate of drug-likeness (QED) is 0.722. The minimum absolute atomic E-state index is 0.292. The van der Waals surface area contributed by atoms with Gasteiger partial charge in [-0.15, -0.1) is 0 Å². The van der Waals surface area contributed by atoms with Crippen molar-refractivity contribution in [2.45, 2.75) is 46.1 Å². The molecule has 2 N–H and O–H groups in total. The van der Waals surface area contributed by atoms with Crippen molar-refractivity contribution in [3.05, 3.63) is 0 Å². The molecule has 1 fully saturated rings. The maximum absolute atomic E-state index is 9.38. The Labute approximate surface area is 100 Å². The standard InChI is InChI=1S/C13H28N2O/c1-4-14-10-13(2,3)11-15-8-6-5-7-12(15)9-16/h12,14,16H,4-11H2,1-3H3. The summed E-state index contributed by atoms with van der Waals surface area (Å²) < 4.78 is 0. The number of nitrogens with zero attached hydrogens (tertiary/aromatic N) is 1. The molecule has 16 heavy (non-hydrogen) atoms. The van der Waals surface area contributed by atoms with E-state index in [2.05, 4.69) is 31.0 Å². The second-order valence-corrected chi connectivity index (χ2v) is 5.75. The molecule has 3 nitrogen and oxygen atoms in total. The lowest BCUT2D eigenvalue weighted by Gasteiger charge is -2.40. The molecule has 96 valence electrons. The van der Waals surface area contributed by atoms with Crippen molar-refractivity contribution in [2.75, 3.05) is 32.8 Å². The molecule has 1 rings (SSSR count). The second kappa shape index (κ2) is 6.58. The molecular weight excluding hydrogens is 200 g/mol. The molecule has 1 aliphatic heterocycles. The van der Waals surface area contributed by atoms with Gasteiger partial charge in [-0.25, -0.2) is 0 Å². The van der Waals surface area contributed by atoms with Gasteiger partial charge in [0.2, 0.25) is 0 Å². The molecule has 1 heterocycles. The van der Waals surface area contributed by atoms with Gasteiger partial charge in [0, 0.05) is 19.1 Å². The van der Waals surface area contributed by atoms with Crippen LogP contribution in [-0.4, -0.2) is 48.8 Å². The zero-order chi connectivity index (χ0) is 12.0. The van der Waals surface area contributed by atoms with Gasteiger partial charge in [-0.3, -0.25) is 4.90 Å². The Balaban J connectivity index is 2.43. The van der Waals surface area contributed by atoms with Crippen molar-refractivity contribution in [2.24, 2.45) is 5.41 Å². The number of likely N-dealkylation sites (tertiary alicyclic amines) is 1. The summed E-state index contributed by atoms with van der Waals surface area (Å²) in [7, 11) is 0. The first-order chi connectivity index (χ1) is 7.59. The fraction of sp³-hybridized carbons (Fsp3) is 1.00. The number of hydrogen-bond acceptors (Lipinski definition) is 3. The Kier molecular flexibility index (Phi) is 5.73. The lowest BCUT2D eigenvalue weighted by molar-refractivity contribution is 0.0577. The number of hydrogen-bond donors (Lipinski definition) is 2. The summed E-state index contributed by atoms with van der Waals surface area (Å²) in [6.45, 7) is 11.4. The first-order valence-corrected chi connectivity index (χ1v) is 6.64. The van der Waals surface area contributed by atoms with Gasteiger partial charge in [0.15, 0.2) is 0 Å². The summed E-state index contributed by atoms with van der Waals surface area (Å²) in [5.74, 6) is 0. The van der Waals surface area contributed by atoms with Crippen molar-refractivity contribution in [1.29, 1.82) is 0 Å². The zero-order valence-electron chi connectivity index (χ0n) is 11.1. The third kappa shape index (κ3) is 4.40. The molecule has 1 unspecified atom stereocenters. The molecular formula is C13H28N2O. The van der Waals surface area contributed by atoms with E-state index in [1.807, 2.05) is 0 Å². The summed E-state index contributed by atoms with van der Waals surface area (Å²) in [6.07, 6.45) is 3.72. The second-order valence-electron chi connectivity index (χ2n) is 5.75. The van der Waals surface area contributed by atoms with E-state index in [0.29, 0.717) is 18.1 Å².